The van der Waals surface area contributed by atoms with Gasteiger partial charge in [-0.1, -0.05) is 80.9 Å². The highest BCUT2D eigenvalue weighted by Crippen LogP contribution is 2.45. The Bertz CT molecular complexity index is 1890. The maximum atomic E-state index is 5.41. The lowest BCUT2D eigenvalue weighted by Crippen LogP contribution is -2.07. The lowest BCUT2D eigenvalue weighted by Gasteiger charge is -2.22. The van der Waals surface area contributed by atoms with E-state index in [1.807, 2.05) is 13.8 Å². The van der Waals surface area contributed by atoms with Gasteiger partial charge in [0, 0.05) is 16.3 Å². The van der Waals surface area contributed by atoms with Crippen LogP contribution in [0.25, 0.3) is 49.7 Å². The van der Waals surface area contributed by atoms with Crippen molar-refractivity contribution in [1.29, 1.82) is 0 Å². The zero-order chi connectivity index (χ0) is 28.3. The van der Waals surface area contributed by atoms with Crippen LogP contribution in [-0.4, -0.2) is 9.38 Å². The van der Waals surface area contributed by atoms with Crippen LogP contribution >= 0.6 is 0 Å². The first-order valence-corrected chi connectivity index (χ1v) is 14.9. The van der Waals surface area contributed by atoms with Crippen LogP contribution in [0.4, 0.5) is 0 Å². The molecule has 0 radical (unpaired) electrons. The van der Waals surface area contributed by atoms with Crippen molar-refractivity contribution >= 4 is 27.3 Å². The molecule has 2 bridgehead atoms. The van der Waals surface area contributed by atoms with Gasteiger partial charge < -0.3 is 0 Å². The van der Waals surface area contributed by atoms with E-state index < -0.39 is 0 Å². The van der Waals surface area contributed by atoms with Gasteiger partial charge in [-0.15, -0.1) is 0 Å². The third kappa shape index (κ3) is 3.80. The van der Waals surface area contributed by atoms with Gasteiger partial charge in [0.2, 0.25) is 0 Å². The van der Waals surface area contributed by atoms with Crippen LogP contribution in [0.5, 0.6) is 0 Å². The van der Waals surface area contributed by atoms with Gasteiger partial charge in [-0.3, -0.25) is 4.40 Å². The van der Waals surface area contributed by atoms with E-state index in [-0.39, 0.29) is 0 Å². The van der Waals surface area contributed by atoms with E-state index in [9.17, 15) is 0 Å². The fourth-order valence-electron chi connectivity index (χ4n) is 7.28. The van der Waals surface area contributed by atoms with Crippen LogP contribution in [0.1, 0.15) is 72.2 Å². The number of rotatable bonds is 3. The lowest BCUT2D eigenvalue weighted by atomic mass is 9.85. The van der Waals surface area contributed by atoms with Gasteiger partial charge in [-0.2, -0.15) is 0 Å². The summed E-state index contributed by atoms with van der Waals surface area (Å²) in [6.45, 7) is 17.5. The van der Waals surface area contributed by atoms with Crippen LogP contribution in [0.3, 0.4) is 0 Å². The van der Waals surface area contributed by atoms with E-state index in [0.29, 0.717) is 5.92 Å². The first-order valence-electron chi connectivity index (χ1n) is 14.9. The summed E-state index contributed by atoms with van der Waals surface area (Å²) in [5.74, 6) is 0.466. The summed E-state index contributed by atoms with van der Waals surface area (Å²) in [7, 11) is 0. The largest absolute Gasteiger partial charge is 0.291 e. The number of benzene rings is 4. The predicted octanol–water partition coefficient (Wildman–Crippen LogP) is 10.6. The van der Waals surface area contributed by atoms with Crippen molar-refractivity contribution in [2.45, 2.75) is 74.1 Å². The number of fused-ring (bicyclic) bond motifs is 4. The Morgan fingerprint density at radius 3 is 2.10 bits per heavy atom. The first kappa shape index (κ1) is 26.3. The van der Waals surface area contributed by atoms with E-state index in [4.69, 9.17) is 4.98 Å². The minimum absolute atomic E-state index is 0.466. The molecule has 0 amide bonds. The number of hydrogen-bond donors (Lipinski definition) is 0. The molecule has 0 fully saturated rings. The van der Waals surface area contributed by atoms with E-state index in [2.05, 4.69) is 113 Å². The topological polar surface area (TPSA) is 17.3 Å². The summed E-state index contributed by atoms with van der Waals surface area (Å²) in [6.07, 6.45) is 2.09. The number of aryl methyl sites for hydroxylation is 5. The molecule has 1 unspecified atom stereocenters. The molecule has 0 saturated heterocycles. The van der Waals surface area contributed by atoms with Gasteiger partial charge in [0.25, 0.3) is 0 Å². The summed E-state index contributed by atoms with van der Waals surface area (Å²) >= 11 is 0. The standard InChI is InChI=1S/C36H34N2.C2H6/c1-7-25-19-30-35(33-23(5)16-20(2)17-24(33)6)38-31-15-14-26(32-21(3)10-8-11-22(32)4)18-29(31)28-13-9-12-27(25)34(28)36(38)37-30;1-2/h8-18,25H,7,19H2,1-6H3;1-2H3. The van der Waals surface area contributed by atoms with Gasteiger partial charge in [0.15, 0.2) is 0 Å². The molecule has 2 aromatic heterocycles. The summed E-state index contributed by atoms with van der Waals surface area (Å²) < 4.78 is 2.49. The molecule has 202 valence electrons. The molecule has 1 aliphatic rings. The molecule has 2 nitrogen and oxygen atoms in total. The Morgan fingerprint density at radius 2 is 1.43 bits per heavy atom. The molecule has 0 aliphatic carbocycles. The Kier molecular flexibility index (Phi) is 6.53. The van der Waals surface area contributed by atoms with Crippen molar-refractivity contribution in [2.75, 3.05) is 0 Å². The summed E-state index contributed by atoms with van der Waals surface area (Å²) in [4.78, 5) is 5.41. The predicted molar refractivity (Wildman–Crippen MR) is 173 cm³/mol. The molecule has 1 atom stereocenters. The van der Waals surface area contributed by atoms with Gasteiger partial charge >= 0.3 is 0 Å². The van der Waals surface area contributed by atoms with Crippen molar-refractivity contribution in [3.05, 3.63) is 106 Å². The molecule has 7 rings (SSSR count). The Hall–Kier alpha value is -3.91. The Labute approximate surface area is 238 Å². The van der Waals surface area contributed by atoms with E-state index in [1.54, 1.807) is 0 Å². The normalized spacial score (nSPS) is 14.2. The minimum Gasteiger partial charge on any atom is -0.291 e. The van der Waals surface area contributed by atoms with Gasteiger partial charge in [-0.25, -0.2) is 4.98 Å². The van der Waals surface area contributed by atoms with Crippen LogP contribution in [0, 0.1) is 34.6 Å². The third-order valence-corrected chi connectivity index (χ3v) is 8.85. The first-order chi connectivity index (χ1) is 19.4. The van der Waals surface area contributed by atoms with Crippen molar-refractivity contribution in [2.24, 2.45) is 0 Å². The quantitative estimate of drug-likeness (QED) is 0.210. The minimum atomic E-state index is 0.466. The van der Waals surface area contributed by atoms with Gasteiger partial charge in [-0.05, 0) is 110 Å². The van der Waals surface area contributed by atoms with Crippen LogP contribution in [0.15, 0.2) is 66.7 Å². The fraction of sp³-hybridized carbons (Fsp3) is 0.289. The molecule has 1 aliphatic heterocycles. The lowest BCUT2D eigenvalue weighted by molar-refractivity contribution is 0.660. The highest BCUT2D eigenvalue weighted by molar-refractivity contribution is 6.15. The molecule has 0 spiro atoms. The summed E-state index contributed by atoms with van der Waals surface area (Å²) in [5, 5.41) is 3.95. The molecule has 4 aromatic carbocycles. The van der Waals surface area contributed by atoms with Gasteiger partial charge in [0.05, 0.1) is 16.9 Å². The molecule has 40 heavy (non-hydrogen) atoms. The Balaban J connectivity index is 0.00000142. The average molecular weight is 525 g/mol. The third-order valence-electron chi connectivity index (χ3n) is 8.85. The highest BCUT2D eigenvalue weighted by atomic mass is 15.0. The summed E-state index contributed by atoms with van der Waals surface area (Å²) in [6, 6.07) is 25.2. The molecular formula is C38H40N2. The zero-order valence-corrected chi connectivity index (χ0v) is 25.2. The molecule has 2 heteroatoms. The second-order valence-corrected chi connectivity index (χ2v) is 11.4. The van der Waals surface area contributed by atoms with E-state index >= 15 is 0 Å². The van der Waals surface area contributed by atoms with Crippen molar-refractivity contribution in [3.8, 4) is 22.4 Å². The van der Waals surface area contributed by atoms with Crippen LogP contribution < -0.4 is 0 Å². The molecule has 0 saturated carbocycles. The fourth-order valence-corrected chi connectivity index (χ4v) is 7.28. The molecule has 3 heterocycles. The van der Waals surface area contributed by atoms with Gasteiger partial charge in [0.1, 0.15) is 5.65 Å². The Morgan fingerprint density at radius 1 is 0.750 bits per heavy atom. The second kappa shape index (κ2) is 9.93. The number of hydrogen-bond acceptors (Lipinski definition) is 1. The van der Waals surface area contributed by atoms with Crippen molar-refractivity contribution in [3.63, 3.8) is 0 Å². The van der Waals surface area contributed by atoms with E-state index in [1.165, 1.54) is 83.1 Å². The molecule has 6 aromatic rings. The van der Waals surface area contributed by atoms with Crippen LogP contribution in [0.2, 0.25) is 0 Å². The SMILES string of the molecule is CC.CCC1Cc2nc3c4c1cccc4c1cc(-c4c(C)cccc4C)ccc1n3c2-c1c(C)cc(C)cc1C. The number of aromatic nitrogens is 2. The number of imidazole rings is 1. The average Bonchev–Trinajstić information content (AvgIpc) is 3.21. The highest BCUT2D eigenvalue weighted by Gasteiger charge is 2.29. The molecular weight excluding hydrogens is 484 g/mol. The summed E-state index contributed by atoms with van der Waals surface area (Å²) in [5.41, 5.74) is 16.9. The van der Waals surface area contributed by atoms with E-state index in [0.717, 1.165) is 18.5 Å². The smallest absolute Gasteiger partial charge is 0.146 e. The van der Waals surface area contributed by atoms with Crippen molar-refractivity contribution < 1.29 is 0 Å². The maximum Gasteiger partial charge on any atom is 0.146 e. The molecule has 0 N–H and O–H groups in total. The monoisotopic (exact) mass is 524 g/mol. The van der Waals surface area contributed by atoms with Crippen molar-refractivity contribution in [1.82, 2.24) is 9.38 Å². The second-order valence-electron chi connectivity index (χ2n) is 11.4. The number of nitrogens with zero attached hydrogens (tertiary/aromatic N) is 2. The van der Waals surface area contributed by atoms with Crippen LogP contribution in [-0.2, 0) is 6.42 Å². The maximum absolute atomic E-state index is 5.41. The zero-order valence-electron chi connectivity index (χ0n) is 25.2. The number of pyridine rings is 1.